The van der Waals surface area contributed by atoms with E-state index < -0.39 is 5.97 Å². The number of para-hydroxylation sites is 1. The molecule has 0 saturated heterocycles. The second kappa shape index (κ2) is 7.78. The maximum absolute atomic E-state index is 12.1. The zero-order valence-corrected chi connectivity index (χ0v) is 15.0. The van der Waals surface area contributed by atoms with Crippen LogP contribution in [-0.4, -0.2) is 34.6 Å². The van der Waals surface area contributed by atoms with Crippen LogP contribution in [0.4, 0.5) is 23.1 Å². The van der Waals surface area contributed by atoms with E-state index in [0.717, 1.165) is 5.69 Å². The van der Waals surface area contributed by atoms with Crippen LogP contribution in [0, 0.1) is 0 Å². The van der Waals surface area contributed by atoms with Crippen molar-refractivity contribution in [1.29, 1.82) is 0 Å². The minimum atomic E-state index is -0.411. The molecule has 1 aromatic heterocycles. The molecule has 0 bridgehead atoms. The summed E-state index contributed by atoms with van der Waals surface area (Å²) in [5, 5.41) is 14.1. The maximum Gasteiger partial charge on any atom is 0.340 e. The summed E-state index contributed by atoms with van der Waals surface area (Å²) in [6, 6.07) is 12.4. The number of benzene rings is 2. The second-order valence-corrected chi connectivity index (χ2v) is 5.75. The zero-order valence-electron chi connectivity index (χ0n) is 15.0. The van der Waals surface area contributed by atoms with Crippen LogP contribution < -0.4 is 20.1 Å². The van der Waals surface area contributed by atoms with E-state index >= 15 is 0 Å². The Kier molecular flexibility index (Phi) is 4.87. The summed E-state index contributed by atoms with van der Waals surface area (Å²) in [7, 11) is 0. The monoisotopic (exact) mass is 379 g/mol. The lowest BCUT2D eigenvalue weighted by Crippen LogP contribution is -2.09. The lowest BCUT2D eigenvalue weighted by molar-refractivity contribution is 0.0527. The van der Waals surface area contributed by atoms with Crippen LogP contribution >= 0.6 is 0 Å². The molecule has 0 aliphatic carbocycles. The predicted octanol–water partition coefficient (Wildman–Crippen LogP) is 3.26. The Morgan fingerprint density at radius 2 is 2.00 bits per heavy atom. The molecule has 0 spiro atoms. The van der Waals surface area contributed by atoms with Crippen molar-refractivity contribution in [1.82, 2.24) is 15.2 Å². The molecular weight excluding hydrogens is 362 g/mol. The Morgan fingerprint density at radius 3 is 2.89 bits per heavy atom. The van der Waals surface area contributed by atoms with E-state index in [-0.39, 0.29) is 12.7 Å². The number of esters is 1. The summed E-state index contributed by atoms with van der Waals surface area (Å²) in [6.07, 6.45) is 1.47. The average Bonchev–Trinajstić information content (AvgIpc) is 3.17. The molecule has 0 unspecified atom stereocenters. The van der Waals surface area contributed by atoms with Crippen molar-refractivity contribution >= 4 is 29.1 Å². The molecule has 0 saturated carbocycles. The zero-order chi connectivity index (χ0) is 19.3. The summed E-state index contributed by atoms with van der Waals surface area (Å²) in [4.78, 5) is 16.5. The van der Waals surface area contributed by atoms with Gasteiger partial charge in [0.1, 0.15) is 0 Å². The molecule has 0 radical (unpaired) electrons. The fourth-order valence-corrected chi connectivity index (χ4v) is 2.64. The van der Waals surface area contributed by atoms with Gasteiger partial charge < -0.3 is 24.8 Å². The van der Waals surface area contributed by atoms with Crippen LogP contribution in [0.1, 0.15) is 17.3 Å². The Labute approximate surface area is 160 Å². The Bertz CT molecular complexity index is 1010. The highest BCUT2D eigenvalue weighted by Crippen LogP contribution is 2.34. The molecule has 3 aromatic rings. The number of hydrogen-bond donors (Lipinski definition) is 2. The number of hydrogen-bond acceptors (Lipinski definition) is 9. The maximum atomic E-state index is 12.1. The van der Waals surface area contributed by atoms with Gasteiger partial charge in [-0.05, 0) is 31.2 Å². The molecule has 2 N–H and O–H groups in total. The number of carbonyl (C=O) groups excluding carboxylic acids is 1. The van der Waals surface area contributed by atoms with Crippen molar-refractivity contribution < 1.29 is 19.0 Å². The molecule has 9 nitrogen and oxygen atoms in total. The third kappa shape index (κ3) is 3.78. The summed E-state index contributed by atoms with van der Waals surface area (Å²) in [5.41, 5.74) is 1.71. The third-order valence-corrected chi connectivity index (χ3v) is 3.87. The summed E-state index contributed by atoms with van der Waals surface area (Å²) in [5.74, 6) is 1.64. The molecule has 9 heteroatoms. The first kappa shape index (κ1) is 17.5. The largest absolute Gasteiger partial charge is 0.462 e. The molecule has 0 amide bonds. The number of carbonyl (C=O) groups is 1. The van der Waals surface area contributed by atoms with E-state index in [2.05, 4.69) is 25.8 Å². The number of aromatic nitrogens is 3. The third-order valence-electron chi connectivity index (χ3n) is 3.87. The van der Waals surface area contributed by atoms with E-state index in [0.29, 0.717) is 35.2 Å². The van der Waals surface area contributed by atoms with Gasteiger partial charge in [0.05, 0.1) is 24.1 Å². The second-order valence-electron chi connectivity index (χ2n) is 5.75. The summed E-state index contributed by atoms with van der Waals surface area (Å²) >= 11 is 0. The van der Waals surface area contributed by atoms with Crippen LogP contribution in [0.2, 0.25) is 0 Å². The van der Waals surface area contributed by atoms with Crippen molar-refractivity contribution in [2.75, 3.05) is 24.0 Å². The number of ether oxygens (including phenoxy) is 3. The molecule has 0 atom stereocenters. The summed E-state index contributed by atoms with van der Waals surface area (Å²) in [6.45, 7) is 2.26. The number of fused-ring (bicyclic) bond motifs is 1. The first-order valence-corrected chi connectivity index (χ1v) is 8.62. The SMILES string of the molecule is CCOC(=O)c1ccccc1Nc1cnnc(Nc2ccc3c(c2)OCO3)n1. The van der Waals surface area contributed by atoms with Crippen LogP contribution in [0.3, 0.4) is 0 Å². The highest BCUT2D eigenvalue weighted by molar-refractivity contribution is 5.96. The van der Waals surface area contributed by atoms with Gasteiger partial charge in [0.15, 0.2) is 17.3 Å². The molecule has 142 valence electrons. The fraction of sp³-hybridized carbons (Fsp3) is 0.158. The Hall–Kier alpha value is -3.88. The van der Waals surface area contributed by atoms with Gasteiger partial charge in [0.25, 0.3) is 0 Å². The molecule has 1 aliphatic heterocycles. The van der Waals surface area contributed by atoms with E-state index in [1.54, 1.807) is 37.3 Å². The number of rotatable bonds is 6. The van der Waals surface area contributed by atoms with Gasteiger partial charge in [-0.2, -0.15) is 10.1 Å². The fourth-order valence-electron chi connectivity index (χ4n) is 2.64. The molecular formula is C19H17N5O4. The van der Waals surface area contributed by atoms with Crippen LogP contribution in [-0.2, 0) is 4.74 Å². The first-order chi connectivity index (χ1) is 13.7. The molecule has 1 aliphatic rings. The smallest absolute Gasteiger partial charge is 0.340 e. The average molecular weight is 379 g/mol. The van der Waals surface area contributed by atoms with Crippen molar-refractivity contribution in [2.45, 2.75) is 6.92 Å². The van der Waals surface area contributed by atoms with E-state index in [4.69, 9.17) is 14.2 Å². The molecule has 0 fully saturated rings. The molecule has 2 aromatic carbocycles. The van der Waals surface area contributed by atoms with Gasteiger partial charge in [-0.1, -0.05) is 12.1 Å². The van der Waals surface area contributed by atoms with Crippen molar-refractivity contribution in [2.24, 2.45) is 0 Å². The lowest BCUT2D eigenvalue weighted by atomic mass is 10.2. The van der Waals surface area contributed by atoms with Gasteiger partial charge in [0.2, 0.25) is 12.7 Å². The highest BCUT2D eigenvalue weighted by atomic mass is 16.7. The van der Waals surface area contributed by atoms with E-state index in [1.165, 1.54) is 6.20 Å². The van der Waals surface area contributed by atoms with Crippen LogP contribution in [0.15, 0.2) is 48.7 Å². The van der Waals surface area contributed by atoms with Gasteiger partial charge in [0, 0.05) is 11.8 Å². The normalized spacial score (nSPS) is 11.8. The van der Waals surface area contributed by atoms with Crippen LogP contribution in [0.5, 0.6) is 11.5 Å². The number of anilines is 4. The minimum Gasteiger partial charge on any atom is -0.462 e. The van der Waals surface area contributed by atoms with Crippen molar-refractivity contribution in [3.63, 3.8) is 0 Å². The van der Waals surface area contributed by atoms with Gasteiger partial charge in [-0.3, -0.25) is 0 Å². The molecule has 4 rings (SSSR count). The van der Waals surface area contributed by atoms with Crippen LogP contribution in [0.25, 0.3) is 0 Å². The number of nitrogens with zero attached hydrogens (tertiary/aromatic N) is 3. The van der Waals surface area contributed by atoms with Gasteiger partial charge in [-0.15, -0.1) is 5.10 Å². The van der Waals surface area contributed by atoms with Crippen molar-refractivity contribution in [3.05, 3.63) is 54.2 Å². The molecule has 28 heavy (non-hydrogen) atoms. The Morgan fingerprint density at radius 1 is 1.14 bits per heavy atom. The minimum absolute atomic E-state index is 0.204. The highest BCUT2D eigenvalue weighted by Gasteiger charge is 2.15. The Balaban J connectivity index is 1.53. The molecule has 2 heterocycles. The van der Waals surface area contributed by atoms with E-state index in [1.807, 2.05) is 12.1 Å². The predicted molar refractivity (Wildman–Crippen MR) is 101 cm³/mol. The number of nitrogens with one attached hydrogen (secondary N) is 2. The van der Waals surface area contributed by atoms with Gasteiger partial charge in [-0.25, -0.2) is 4.79 Å². The van der Waals surface area contributed by atoms with Crippen molar-refractivity contribution in [3.8, 4) is 11.5 Å². The standard InChI is InChI=1S/C19H17N5O4/c1-2-26-18(25)13-5-3-4-6-14(13)22-17-10-20-24-19(23-17)21-12-7-8-15-16(9-12)28-11-27-15/h3-10H,2,11H2,1H3,(H2,21,22,23,24). The topological polar surface area (TPSA) is 107 Å². The quantitative estimate of drug-likeness (QED) is 0.624. The lowest BCUT2D eigenvalue weighted by Gasteiger charge is -2.11. The summed E-state index contributed by atoms with van der Waals surface area (Å²) < 4.78 is 15.7. The van der Waals surface area contributed by atoms with E-state index in [9.17, 15) is 4.79 Å². The first-order valence-electron chi connectivity index (χ1n) is 8.62. The van der Waals surface area contributed by atoms with Gasteiger partial charge >= 0.3 is 5.97 Å².